The molecule has 0 aliphatic carbocycles. The zero-order chi connectivity index (χ0) is 12.4. The van der Waals surface area contributed by atoms with Gasteiger partial charge in [0.15, 0.2) is 0 Å². The van der Waals surface area contributed by atoms with E-state index in [9.17, 15) is 19.1 Å². The van der Waals surface area contributed by atoms with Gasteiger partial charge < -0.3 is 9.84 Å². The number of halogens is 1. The molecule has 1 aliphatic heterocycles. The molecule has 1 aromatic rings. The Morgan fingerprint density at radius 1 is 1.53 bits per heavy atom. The van der Waals surface area contributed by atoms with Crippen LogP contribution in [0.2, 0.25) is 0 Å². The van der Waals surface area contributed by atoms with Gasteiger partial charge in [-0.2, -0.15) is 4.39 Å². The largest absolute Gasteiger partial charge is 0.492 e. The molecule has 0 saturated carbocycles. The van der Waals surface area contributed by atoms with Crippen LogP contribution in [0.3, 0.4) is 0 Å². The maximum absolute atomic E-state index is 13.1. The lowest BCUT2D eigenvalue weighted by atomic mass is 10.2. The second-order valence-corrected chi connectivity index (χ2v) is 3.97. The number of aromatic nitrogens is 2. The van der Waals surface area contributed by atoms with Gasteiger partial charge in [0.05, 0.1) is 6.10 Å². The number of ether oxygens (including phenoxy) is 1. The molecule has 94 valence electrons. The van der Waals surface area contributed by atoms with E-state index >= 15 is 0 Å². The van der Waals surface area contributed by atoms with Crippen LogP contribution in [0.5, 0.6) is 5.88 Å². The molecule has 0 aromatic carbocycles. The summed E-state index contributed by atoms with van der Waals surface area (Å²) in [5, 5.41) is 9.36. The highest BCUT2D eigenvalue weighted by Crippen LogP contribution is 2.17. The van der Waals surface area contributed by atoms with E-state index in [2.05, 4.69) is 0 Å². The summed E-state index contributed by atoms with van der Waals surface area (Å²) in [6.45, 7) is 0.800. The molecular weight excluding hydrogens is 231 g/mol. The zero-order valence-corrected chi connectivity index (χ0v) is 9.11. The SMILES string of the molecule is O=c1[nH]c(=O)n(CCC2CCCO2)c(O)c1F. The molecule has 1 aliphatic rings. The molecule has 6 nitrogen and oxygen atoms in total. The van der Waals surface area contributed by atoms with Crippen molar-refractivity contribution in [1.29, 1.82) is 0 Å². The number of aromatic hydroxyl groups is 1. The average Bonchev–Trinajstić information content (AvgIpc) is 2.79. The van der Waals surface area contributed by atoms with Crippen LogP contribution >= 0.6 is 0 Å². The van der Waals surface area contributed by atoms with Crippen LogP contribution in [0.4, 0.5) is 4.39 Å². The third kappa shape index (κ3) is 2.38. The fourth-order valence-corrected chi connectivity index (χ4v) is 1.89. The van der Waals surface area contributed by atoms with Crippen molar-refractivity contribution in [2.45, 2.75) is 31.9 Å². The number of hydrogen-bond donors (Lipinski definition) is 2. The second-order valence-electron chi connectivity index (χ2n) is 3.97. The first-order valence-corrected chi connectivity index (χ1v) is 5.43. The highest BCUT2D eigenvalue weighted by atomic mass is 19.1. The van der Waals surface area contributed by atoms with Gasteiger partial charge in [0.25, 0.3) is 5.56 Å². The Kier molecular flexibility index (Phi) is 3.28. The van der Waals surface area contributed by atoms with Gasteiger partial charge in [-0.05, 0) is 19.3 Å². The third-order valence-electron chi connectivity index (χ3n) is 2.82. The van der Waals surface area contributed by atoms with Crippen molar-refractivity contribution in [3.8, 4) is 5.88 Å². The fourth-order valence-electron chi connectivity index (χ4n) is 1.89. The third-order valence-corrected chi connectivity index (χ3v) is 2.82. The summed E-state index contributed by atoms with van der Waals surface area (Å²) in [6, 6.07) is 0. The minimum Gasteiger partial charge on any atom is -0.492 e. The molecule has 2 rings (SSSR count). The summed E-state index contributed by atoms with van der Waals surface area (Å²) >= 11 is 0. The molecule has 0 spiro atoms. The van der Waals surface area contributed by atoms with Crippen molar-refractivity contribution in [2.24, 2.45) is 0 Å². The lowest BCUT2D eigenvalue weighted by molar-refractivity contribution is 0.0991. The first kappa shape index (κ1) is 11.8. The molecule has 1 unspecified atom stereocenters. The normalized spacial score (nSPS) is 19.7. The van der Waals surface area contributed by atoms with Crippen LogP contribution in [0.25, 0.3) is 0 Å². The summed E-state index contributed by atoms with van der Waals surface area (Å²) in [7, 11) is 0. The van der Waals surface area contributed by atoms with Crippen LogP contribution < -0.4 is 11.2 Å². The number of aromatic amines is 1. The van der Waals surface area contributed by atoms with Gasteiger partial charge in [-0.25, -0.2) is 4.79 Å². The van der Waals surface area contributed by atoms with Gasteiger partial charge in [0, 0.05) is 13.2 Å². The van der Waals surface area contributed by atoms with Gasteiger partial charge in [-0.3, -0.25) is 14.3 Å². The Morgan fingerprint density at radius 3 is 2.94 bits per heavy atom. The Bertz CT molecular complexity index is 516. The quantitative estimate of drug-likeness (QED) is 0.780. The van der Waals surface area contributed by atoms with Crippen molar-refractivity contribution in [3.05, 3.63) is 26.7 Å². The number of nitrogens with one attached hydrogen (secondary N) is 1. The summed E-state index contributed by atoms with van der Waals surface area (Å²) in [4.78, 5) is 24.0. The van der Waals surface area contributed by atoms with E-state index in [0.717, 1.165) is 17.4 Å². The molecule has 1 aromatic heterocycles. The molecule has 0 bridgehead atoms. The fraction of sp³-hybridized carbons (Fsp3) is 0.600. The van der Waals surface area contributed by atoms with Crippen molar-refractivity contribution in [1.82, 2.24) is 9.55 Å². The lowest BCUT2D eigenvalue weighted by Gasteiger charge is -2.11. The van der Waals surface area contributed by atoms with Gasteiger partial charge >= 0.3 is 5.69 Å². The van der Waals surface area contributed by atoms with Crippen LogP contribution in [-0.2, 0) is 11.3 Å². The van der Waals surface area contributed by atoms with Gasteiger partial charge in [-0.1, -0.05) is 0 Å². The first-order valence-electron chi connectivity index (χ1n) is 5.43. The van der Waals surface area contributed by atoms with Gasteiger partial charge in [0.2, 0.25) is 11.7 Å². The molecule has 1 atom stereocenters. The Labute approximate surface area is 95.7 Å². The minimum atomic E-state index is -1.34. The van der Waals surface area contributed by atoms with Crippen LogP contribution in [0.15, 0.2) is 9.59 Å². The van der Waals surface area contributed by atoms with Gasteiger partial charge in [0.1, 0.15) is 0 Å². The molecule has 1 fully saturated rings. The number of H-pyrrole nitrogens is 1. The van der Waals surface area contributed by atoms with Crippen LogP contribution in [-0.4, -0.2) is 27.4 Å². The topological polar surface area (TPSA) is 84.3 Å². The Morgan fingerprint density at radius 2 is 2.29 bits per heavy atom. The van der Waals surface area contributed by atoms with Crippen LogP contribution in [0, 0.1) is 5.82 Å². The van der Waals surface area contributed by atoms with E-state index in [1.807, 2.05) is 0 Å². The molecule has 0 amide bonds. The van der Waals surface area contributed by atoms with Crippen molar-refractivity contribution in [2.75, 3.05) is 6.61 Å². The van der Waals surface area contributed by atoms with E-state index in [-0.39, 0.29) is 12.6 Å². The number of hydrogen-bond acceptors (Lipinski definition) is 4. The summed E-state index contributed by atoms with van der Waals surface area (Å²) in [6.07, 6.45) is 2.38. The van der Waals surface area contributed by atoms with Crippen molar-refractivity contribution in [3.63, 3.8) is 0 Å². The lowest BCUT2D eigenvalue weighted by Crippen LogP contribution is -2.32. The predicted octanol–water partition coefficient (Wildman–Crippen LogP) is -0.0496. The van der Waals surface area contributed by atoms with Crippen molar-refractivity contribution < 1.29 is 14.2 Å². The molecule has 2 N–H and O–H groups in total. The Hall–Kier alpha value is -1.63. The van der Waals surface area contributed by atoms with Crippen LogP contribution in [0.1, 0.15) is 19.3 Å². The first-order chi connectivity index (χ1) is 8.09. The van der Waals surface area contributed by atoms with E-state index < -0.39 is 22.9 Å². The summed E-state index contributed by atoms with van der Waals surface area (Å²) in [5.41, 5.74) is -2.02. The van der Waals surface area contributed by atoms with E-state index in [4.69, 9.17) is 4.74 Å². The zero-order valence-electron chi connectivity index (χ0n) is 9.11. The highest BCUT2D eigenvalue weighted by molar-refractivity contribution is 5.09. The second kappa shape index (κ2) is 4.70. The highest BCUT2D eigenvalue weighted by Gasteiger charge is 2.18. The number of rotatable bonds is 3. The Balaban J connectivity index is 2.17. The molecule has 7 heteroatoms. The maximum Gasteiger partial charge on any atom is 0.331 e. The monoisotopic (exact) mass is 244 g/mol. The summed E-state index contributed by atoms with van der Waals surface area (Å²) in [5.74, 6) is -2.26. The molecule has 1 saturated heterocycles. The maximum atomic E-state index is 13.1. The smallest absolute Gasteiger partial charge is 0.331 e. The minimum absolute atomic E-state index is 0.0243. The summed E-state index contributed by atoms with van der Waals surface area (Å²) < 4.78 is 19.2. The predicted molar refractivity (Wildman–Crippen MR) is 56.5 cm³/mol. The van der Waals surface area contributed by atoms with E-state index in [1.54, 1.807) is 4.98 Å². The average molecular weight is 244 g/mol. The number of nitrogens with zero attached hydrogens (tertiary/aromatic N) is 1. The van der Waals surface area contributed by atoms with E-state index in [0.29, 0.717) is 13.0 Å². The molecular formula is C10H13FN2O4. The molecule has 17 heavy (non-hydrogen) atoms. The standard InChI is InChI=1S/C10H13FN2O4/c11-7-8(14)12-10(16)13(9(7)15)4-3-6-2-1-5-17-6/h6,15H,1-5H2,(H,12,14,16). The van der Waals surface area contributed by atoms with Crippen molar-refractivity contribution >= 4 is 0 Å². The molecule has 2 heterocycles. The van der Waals surface area contributed by atoms with E-state index in [1.165, 1.54) is 0 Å². The molecule has 0 radical (unpaired) electrons. The van der Waals surface area contributed by atoms with Gasteiger partial charge in [-0.15, -0.1) is 0 Å².